The Kier molecular flexibility index (Phi) is 7.54. The van der Waals surface area contributed by atoms with Crippen molar-refractivity contribution in [3.63, 3.8) is 0 Å². The van der Waals surface area contributed by atoms with E-state index in [1.165, 1.54) is 0 Å². The number of nitrogens with one attached hydrogen (secondary N) is 3. The van der Waals surface area contributed by atoms with E-state index in [0.717, 1.165) is 32.6 Å². The molecule has 1 aliphatic heterocycles. The van der Waals surface area contributed by atoms with E-state index in [-0.39, 0.29) is 11.8 Å². The summed E-state index contributed by atoms with van der Waals surface area (Å²) < 4.78 is 0. The predicted molar refractivity (Wildman–Crippen MR) is 79.4 cm³/mol. The van der Waals surface area contributed by atoms with E-state index in [9.17, 15) is 9.59 Å². The van der Waals surface area contributed by atoms with E-state index >= 15 is 0 Å². The van der Waals surface area contributed by atoms with Crippen molar-refractivity contribution in [2.45, 2.75) is 33.2 Å². The smallest absolute Gasteiger partial charge is 0.242 e. The monoisotopic (exact) mass is 284 g/mol. The molecule has 0 saturated carbocycles. The molecule has 6 nitrogen and oxygen atoms in total. The molecule has 1 fully saturated rings. The molecule has 1 atom stereocenters. The van der Waals surface area contributed by atoms with E-state index in [2.05, 4.69) is 20.9 Å². The van der Waals surface area contributed by atoms with Crippen molar-refractivity contribution in [1.29, 1.82) is 0 Å². The number of hydrogen-bond donors (Lipinski definition) is 3. The fourth-order valence-electron chi connectivity index (χ4n) is 2.07. The summed E-state index contributed by atoms with van der Waals surface area (Å²) in [6.07, 6.45) is 1.05. The molecule has 6 heteroatoms. The van der Waals surface area contributed by atoms with Crippen molar-refractivity contribution in [2.24, 2.45) is 5.92 Å². The lowest BCUT2D eigenvalue weighted by molar-refractivity contribution is -0.129. The number of carbonyl (C=O) groups is 2. The van der Waals surface area contributed by atoms with Gasteiger partial charge in [-0.1, -0.05) is 13.8 Å². The molecular weight excluding hydrogens is 256 g/mol. The lowest BCUT2D eigenvalue weighted by atomic mass is 10.2. The fourth-order valence-corrected chi connectivity index (χ4v) is 2.07. The maximum absolute atomic E-state index is 11.9. The molecule has 0 aromatic carbocycles. The predicted octanol–water partition coefficient (Wildman–Crippen LogP) is -0.441. The number of carbonyl (C=O) groups excluding carboxylic acids is 2. The highest BCUT2D eigenvalue weighted by Crippen LogP contribution is 1.95. The van der Waals surface area contributed by atoms with Gasteiger partial charge in [-0.15, -0.1) is 0 Å². The number of hydrogen-bond acceptors (Lipinski definition) is 4. The van der Waals surface area contributed by atoms with Crippen LogP contribution in [0.15, 0.2) is 0 Å². The Morgan fingerprint density at radius 2 is 1.95 bits per heavy atom. The minimum Gasteiger partial charge on any atom is -0.354 e. The molecular formula is C14H28N4O2. The van der Waals surface area contributed by atoms with Crippen molar-refractivity contribution < 1.29 is 9.59 Å². The summed E-state index contributed by atoms with van der Waals surface area (Å²) in [5.41, 5.74) is 0. The summed E-state index contributed by atoms with van der Waals surface area (Å²) >= 11 is 0. The molecule has 3 N–H and O–H groups in total. The van der Waals surface area contributed by atoms with Crippen LogP contribution < -0.4 is 16.0 Å². The van der Waals surface area contributed by atoms with Crippen LogP contribution in [0.4, 0.5) is 0 Å². The third kappa shape index (κ3) is 6.86. The normalized spacial score (nSPS) is 18.4. The lowest BCUT2D eigenvalue weighted by Gasteiger charge is -2.20. The molecule has 1 rings (SSSR count). The first-order chi connectivity index (χ1) is 9.49. The van der Waals surface area contributed by atoms with Gasteiger partial charge < -0.3 is 16.0 Å². The van der Waals surface area contributed by atoms with Crippen LogP contribution in [-0.2, 0) is 9.59 Å². The topological polar surface area (TPSA) is 73.5 Å². The zero-order valence-electron chi connectivity index (χ0n) is 12.9. The van der Waals surface area contributed by atoms with Gasteiger partial charge in [0.1, 0.15) is 6.04 Å². The quantitative estimate of drug-likeness (QED) is 0.618. The number of amides is 2. The summed E-state index contributed by atoms with van der Waals surface area (Å²) in [6, 6.07) is -0.480. The molecule has 1 unspecified atom stereocenters. The summed E-state index contributed by atoms with van der Waals surface area (Å²) in [6.45, 7) is 10.5. The highest BCUT2D eigenvalue weighted by Gasteiger charge is 2.18. The van der Waals surface area contributed by atoms with Crippen molar-refractivity contribution in [3.8, 4) is 0 Å². The molecule has 0 aliphatic carbocycles. The molecule has 20 heavy (non-hydrogen) atoms. The second kappa shape index (κ2) is 8.92. The maximum atomic E-state index is 11.9. The highest BCUT2D eigenvalue weighted by atomic mass is 16.2. The van der Waals surface area contributed by atoms with Crippen LogP contribution in [-0.4, -0.2) is 62.0 Å². The van der Waals surface area contributed by atoms with Gasteiger partial charge in [-0.25, -0.2) is 0 Å². The minimum atomic E-state index is -0.480. The van der Waals surface area contributed by atoms with E-state index in [1.807, 2.05) is 13.8 Å². The average Bonchev–Trinajstić information content (AvgIpc) is 2.64. The standard InChI is InChI=1S/C14H28N4O2/c1-11(2)9-16-14(20)12(3)17-13(19)10-18-7-4-5-15-6-8-18/h11-12,15H,4-10H2,1-3H3,(H,16,20)(H,17,19). The molecule has 0 radical (unpaired) electrons. The zero-order valence-corrected chi connectivity index (χ0v) is 12.9. The van der Waals surface area contributed by atoms with Crippen LogP contribution in [0, 0.1) is 5.92 Å². The summed E-state index contributed by atoms with van der Waals surface area (Å²) in [4.78, 5) is 25.8. The summed E-state index contributed by atoms with van der Waals surface area (Å²) in [5.74, 6) is 0.204. The SMILES string of the molecule is CC(C)CNC(=O)C(C)NC(=O)CN1CCCNCC1. The van der Waals surface area contributed by atoms with Crippen molar-refractivity contribution in [1.82, 2.24) is 20.9 Å². The van der Waals surface area contributed by atoms with Crippen molar-refractivity contribution >= 4 is 11.8 Å². The lowest BCUT2D eigenvalue weighted by Crippen LogP contribution is -2.48. The first-order valence-electron chi connectivity index (χ1n) is 7.49. The first-order valence-corrected chi connectivity index (χ1v) is 7.49. The second-order valence-electron chi connectivity index (χ2n) is 5.81. The zero-order chi connectivity index (χ0) is 15.0. The Morgan fingerprint density at radius 1 is 1.20 bits per heavy atom. The van der Waals surface area contributed by atoms with Gasteiger partial charge in [-0.3, -0.25) is 14.5 Å². The van der Waals surface area contributed by atoms with Crippen molar-refractivity contribution in [3.05, 3.63) is 0 Å². The molecule has 0 bridgehead atoms. The van der Waals surface area contributed by atoms with Crippen LogP contribution in [0.2, 0.25) is 0 Å². The van der Waals surface area contributed by atoms with Crippen LogP contribution in [0.25, 0.3) is 0 Å². The molecule has 2 amide bonds. The number of rotatable bonds is 6. The second-order valence-corrected chi connectivity index (χ2v) is 5.81. The van der Waals surface area contributed by atoms with Gasteiger partial charge in [0.05, 0.1) is 6.54 Å². The molecule has 1 saturated heterocycles. The average molecular weight is 284 g/mol. The van der Waals surface area contributed by atoms with Crippen LogP contribution in [0.1, 0.15) is 27.2 Å². The third-order valence-electron chi connectivity index (χ3n) is 3.26. The van der Waals surface area contributed by atoms with Crippen LogP contribution in [0.3, 0.4) is 0 Å². The highest BCUT2D eigenvalue weighted by molar-refractivity contribution is 5.87. The van der Waals surface area contributed by atoms with E-state index in [0.29, 0.717) is 19.0 Å². The molecule has 0 aromatic rings. The Labute approximate surface area is 121 Å². The Balaban J connectivity index is 2.27. The van der Waals surface area contributed by atoms with E-state index < -0.39 is 6.04 Å². The Bertz CT molecular complexity index is 312. The maximum Gasteiger partial charge on any atom is 0.242 e. The fraction of sp³-hybridized carbons (Fsp3) is 0.857. The van der Waals surface area contributed by atoms with Gasteiger partial charge in [0.15, 0.2) is 0 Å². The molecule has 116 valence electrons. The van der Waals surface area contributed by atoms with Gasteiger partial charge in [0.2, 0.25) is 11.8 Å². The summed E-state index contributed by atoms with van der Waals surface area (Å²) in [7, 11) is 0. The van der Waals surface area contributed by atoms with Gasteiger partial charge in [-0.2, -0.15) is 0 Å². The molecule has 1 aliphatic rings. The molecule has 0 spiro atoms. The van der Waals surface area contributed by atoms with Gasteiger partial charge in [0, 0.05) is 19.6 Å². The summed E-state index contributed by atoms with van der Waals surface area (Å²) in [5, 5.41) is 8.88. The Hall–Kier alpha value is -1.14. The van der Waals surface area contributed by atoms with E-state index in [4.69, 9.17) is 0 Å². The third-order valence-corrected chi connectivity index (χ3v) is 3.26. The first kappa shape index (κ1) is 16.9. The van der Waals surface area contributed by atoms with Crippen LogP contribution >= 0.6 is 0 Å². The van der Waals surface area contributed by atoms with Gasteiger partial charge in [-0.05, 0) is 32.4 Å². The van der Waals surface area contributed by atoms with Crippen LogP contribution in [0.5, 0.6) is 0 Å². The Morgan fingerprint density at radius 3 is 2.65 bits per heavy atom. The van der Waals surface area contributed by atoms with Gasteiger partial charge >= 0.3 is 0 Å². The largest absolute Gasteiger partial charge is 0.354 e. The van der Waals surface area contributed by atoms with E-state index in [1.54, 1.807) is 6.92 Å². The minimum absolute atomic E-state index is 0.0842. The van der Waals surface area contributed by atoms with Crippen molar-refractivity contribution in [2.75, 3.05) is 39.3 Å². The molecule has 1 heterocycles. The molecule has 0 aromatic heterocycles. The number of nitrogens with zero attached hydrogens (tertiary/aromatic N) is 1. The van der Waals surface area contributed by atoms with Gasteiger partial charge in [0.25, 0.3) is 0 Å².